The summed E-state index contributed by atoms with van der Waals surface area (Å²) in [6.07, 6.45) is 3.01. The van der Waals surface area contributed by atoms with Gasteiger partial charge in [-0.1, -0.05) is 6.07 Å². The predicted octanol–water partition coefficient (Wildman–Crippen LogP) is 2.20. The van der Waals surface area contributed by atoms with Crippen molar-refractivity contribution in [3.63, 3.8) is 0 Å². The first-order valence-electron chi connectivity index (χ1n) is 4.74. The number of aldehydes is 1. The Balaban J connectivity index is 0.00000162. The number of aromatic nitrogens is 1. The topological polar surface area (TPSA) is 59.0 Å². The van der Waals surface area contributed by atoms with Crippen LogP contribution in [0.15, 0.2) is 35.1 Å². The lowest BCUT2D eigenvalue weighted by Gasteiger charge is -2.12. The van der Waals surface area contributed by atoms with Crippen LogP contribution in [0.2, 0.25) is 0 Å². The summed E-state index contributed by atoms with van der Waals surface area (Å²) < 4.78 is 32.1. The summed E-state index contributed by atoms with van der Waals surface area (Å²) in [7, 11) is 0. The number of hydrogen-bond acceptors (Lipinski definition) is 3. The maximum absolute atomic E-state index is 13.5. The van der Waals surface area contributed by atoms with Gasteiger partial charge in [0.15, 0.2) is 0 Å². The standard InChI is InChI=1S/C11H8F2N2O2.BrH/c12-7-1-2-8(9(13)5-7)10(6-16)15-3-4-17-11(15)14;/h1-6,10,14H;1H. The average molecular weight is 319 g/mol. The molecule has 0 saturated heterocycles. The molecule has 0 aliphatic heterocycles. The van der Waals surface area contributed by atoms with Crippen LogP contribution >= 0.6 is 17.0 Å². The van der Waals surface area contributed by atoms with Crippen LogP contribution in [0.1, 0.15) is 11.6 Å². The molecule has 96 valence electrons. The molecule has 18 heavy (non-hydrogen) atoms. The molecular weight excluding hydrogens is 310 g/mol. The number of benzene rings is 1. The van der Waals surface area contributed by atoms with E-state index in [0.717, 1.165) is 10.6 Å². The molecular formula is C11H9BrF2N2O2. The van der Waals surface area contributed by atoms with Crippen LogP contribution < -0.4 is 5.68 Å². The van der Waals surface area contributed by atoms with Gasteiger partial charge in [0.2, 0.25) is 0 Å². The monoisotopic (exact) mass is 318 g/mol. The average Bonchev–Trinajstić information content (AvgIpc) is 2.69. The number of carbonyl (C=O) groups is 1. The van der Waals surface area contributed by atoms with Gasteiger partial charge in [-0.25, -0.2) is 8.78 Å². The van der Waals surface area contributed by atoms with Gasteiger partial charge in [0, 0.05) is 17.8 Å². The van der Waals surface area contributed by atoms with Gasteiger partial charge in [-0.05, 0) is 6.07 Å². The van der Waals surface area contributed by atoms with Gasteiger partial charge in [0.05, 0.1) is 0 Å². The predicted molar refractivity (Wildman–Crippen MR) is 63.4 cm³/mol. The lowest BCUT2D eigenvalue weighted by atomic mass is 10.1. The van der Waals surface area contributed by atoms with E-state index in [-0.39, 0.29) is 28.2 Å². The quantitative estimate of drug-likeness (QED) is 0.882. The molecule has 0 aliphatic carbocycles. The Kier molecular flexibility index (Phi) is 4.55. The van der Waals surface area contributed by atoms with Crippen molar-refractivity contribution in [2.45, 2.75) is 6.04 Å². The second kappa shape index (κ2) is 5.72. The van der Waals surface area contributed by atoms with Crippen LogP contribution in [0.4, 0.5) is 8.78 Å². The lowest BCUT2D eigenvalue weighted by Crippen LogP contribution is -2.23. The van der Waals surface area contributed by atoms with Crippen LogP contribution in [0, 0.1) is 17.0 Å². The first-order valence-corrected chi connectivity index (χ1v) is 4.74. The van der Waals surface area contributed by atoms with Crippen LogP contribution in [-0.4, -0.2) is 10.9 Å². The van der Waals surface area contributed by atoms with E-state index in [4.69, 9.17) is 9.83 Å². The van der Waals surface area contributed by atoms with E-state index in [1.807, 2.05) is 0 Å². The maximum Gasteiger partial charge on any atom is 0.294 e. The van der Waals surface area contributed by atoms with Crippen LogP contribution in [0.3, 0.4) is 0 Å². The second-order valence-corrected chi connectivity index (χ2v) is 3.36. The van der Waals surface area contributed by atoms with Gasteiger partial charge < -0.3 is 9.21 Å². The van der Waals surface area contributed by atoms with Crippen molar-refractivity contribution in [1.82, 2.24) is 4.57 Å². The van der Waals surface area contributed by atoms with E-state index in [2.05, 4.69) is 0 Å². The number of oxazole rings is 1. The zero-order chi connectivity index (χ0) is 12.4. The van der Waals surface area contributed by atoms with Crippen molar-refractivity contribution in [3.05, 3.63) is 53.5 Å². The highest BCUT2D eigenvalue weighted by Gasteiger charge is 2.18. The first-order chi connectivity index (χ1) is 8.13. The summed E-state index contributed by atoms with van der Waals surface area (Å²) in [5.74, 6) is -1.56. The molecule has 1 heterocycles. The summed E-state index contributed by atoms with van der Waals surface area (Å²) >= 11 is 0. The Bertz CT molecular complexity index is 609. The molecule has 0 saturated carbocycles. The van der Waals surface area contributed by atoms with Crippen LogP contribution in [0.25, 0.3) is 0 Å². The minimum absolute atomic E-state index is 0. The zero-order valence-electron chi connectivity index (χ0n) is 8.97. The fourth-order valence-corrected chi connectivity index (χ4v) is 1.54. The van der Waals surface area contributed by atoms with Crippen molar-refractivity contribution in [2.24, 2.45) is 0 Å². The molecule has 1 N–H and O–H groups in total. The van der Waals surface area contributed by atoms with E-state index in [1.54, 1.807) is 0 Å². The van der Waals surface area contributed by atoms with Gasteiger partial charge in [-0.15, -0.1) is 17.0 Å². The molecule has 1 atom stereocenters. The highest BCUT2D eigenvalue weighted by molar-refractivity contribution is 8.93. The lowest BCUT2D eigenvalue weighted by molar-refractivity contribution is -0.109. The minimum atomic E-state index is -1.04. The Morgan fingerprint density at radius 3 is 2.61 bits per heavy atom. The summed E-state index contributed by atoms with van der Waals surface area (Å²) in [4.78, 5) is 11.0. The molecule has 0 spiro atoms. The van der Waals surface area contributed by atoms with Gasteiger partial charge in [0.25, 0.3) is 5.68 Å². The summed E-state index contributed by atoms with van der Waals surface area (Å²) in [5.41, 5.74) is -0.299. The van der Waals surface area contributed by atoms with E-state index in [0.29, 0.717) is 12.4 Å². The normalized spacial score (nSPS) is 11.7. The molecule has 2 aromatic rings. The van der Waals surface area contributed by atoms with Crippen LogP contribution in [0.5, 0.6) is 0 Å². The highest BCUT2D eigenvalue weighted by Crippen LogP contribution is 2.19. The third-order valence-corrected chi connectivity index (χ3v) is 2.35. The first kappa shape index (κ1) is 14.3. The molecule has 1 unspecified atom stereocenters. The van der Waals surface area contributed by atoms with E-state index < -0.39 is 17.7 Å². The summed E-state index contributed by atoms with van der Waals surface area (Å²) in [5, 5.41) is 7.39. The number of nitrogens with zero attached hydrogens (tertiary/aromatic N) is 1. The van der Waals surface area contributed by atoms with Crippen molar-refractivity contribution in [1.29, 1.82) is 5.41 Å². The number of carbonyl (C=O) groups excluding carboxylic acids is 1. The number of nitrogens with one attached hydrogen (secondary N) is 1. The van der Waals surface area contributed by atoms with Crippen molar-refractivity contribution in [2.75, 3.05) is 0 Å². The molecule has 0 radical (unpaired) electrons. The Hall–Kier alpha value is -1.76. The molecule has 0 amide bonds. The van der Waals surface area contributed by atoms with E-state index in [9.17, 15) is 13.6 Å². The Morgan fingerprint density at radius 2 is 2.11 bits per heavy atom. The molecule has 7 heteroatoms. The van der Waals surface area contributed by atoms with E-state index in [1.165, 1.54) is 18.5 Å². The molecule has 0 fully saturated rings. The Labute approximate surface area is 111 Å². The highest BCUT2D eigenvalue weighted by atomic mass is 79.9. The molecule has 2 rings (SSSR count). The number of halogens is 3. The summed E-state index contributed by atoms with van der Waals surface area (Å²) in [6, 6.07) is 1.88. The van der Waals surface area contributed by atoms with Crippen molar-refractivity contribution < 1.29 is 18.0 Å². The molecule has 1 aromatic heterocycles. The van der Waals surface area contributed by atoms with Gasteiger partial charge >= 0.3 is 0 Å². The summed E-state index contributed by atoms with van der Waals surface area (Å²) in [6.45, 7) is 0. The zero-order valence-corrected chi connectivity index (χ0v) is 10.7. The molecule has 4 nitrogen and oxygen atoms in total. The van der Waals surface area contributed by atoms with E-state index >= 15 is 0 Å². The minimum Gasteiger partial charge on any atom is -0.432 e. The molecule has 0 aliphatic rings. The number of rotatable bonds is 3. The van der Waals surface area contributed by atoms with Crippen molar-refractivity contribution >= 4 is 23.3 Å². The fraction of sp³-hybridized carbons (Fsp3) is 0.0909. The molecule has 1 aromatic carbocycles. The maximum atomic E-state index is 13.5. The van der Waals surface area contributed by atoms with Gasteiger partial charge in [0.1, 0.15) is 30.2 Å². The SMILES string of the molecule is Br.N=c1occn1C(C=O)c1ccc(F)cc1F. The largest absolute Gasteiger partial charge is 0.432 e. The van der Waals surface area contributed by atoms with Gasteiger partial charge in [-0.3, -0.25) is 9.98 Å². The van der Waals surface area contributed by atoms with Crippen LogP contribution in [-0.2, 0) is 4.79 Å². The smallest absolute Gasteiger partial charge is 0.294 e. The fourth-order valence-electron chi connectivity index (χ4n) is 1.54. The second-order valence-electron chi connectivity index (χ2n) is 3.36. The third-order valence-electron chi connectivity index (χ3n) is 2.35. The third kappa shape index (κ3) is 2.56. The van der Waals surface area contributed by atoms with Gasteiger partial charge in [-0.2, -0.15) is 0 Å². The molecule has 0 bridgehead atoms. The Morgan fingerprint density at radius 1 is 1.39 bits per heavy atom. The van der Waals surface area contributed by atoms with Crippen molar-refractivity contribution in [3.8, 4) is 0 Å². The number of hydrogen-bond donors (Lipinski definition) is 1.